The van der Waals surface area contributed by atoms with Crippen molar-refractivity contribution in [3.8, 4) is 5.75 Å². The maximum absolute atomic E-state index is 12.5. The molecule has 0 atom stereocenters. The molecular formula is C25H30N4O2. The van der Waals surface area contributed by atoms with Crippen LogP contribution in [0.1, 0.15) is 53.9 Å². The number of nitrogens with zero attached hydrogens (tertiary/aromatic N) is 1. The summed E-state index contributed by atoms with van der Waals surface area (Å²) in [6.07, 6.45) is 4.32. The van der Waals surface area contributed by atoms with E-state index in [-0.39, 0.29) is 5.91 Å². The SMILES string of the molecule is CCNCc1cccc(C2CC(c3cn[nH]c3NC(=O)Cc3ccc(OC)cc3)C2)c1. The van der Waals surface area contributed by atoms with E-state index in [1.165, 1.54) is 11.1 Å². The molecule has 31 heavy (non-hydrogen) atoms. The van der Waals surface area contributed by atoms with Crippen molar-refractivity contribution >= 4 is 11.7 Å². The zero-order chi connectivity index (χ0) is 21.6. The summed E-state index contributed by atoms with van der Waals surface area (Å²) in [5.74, 6) is 2.43. The summed E-state index contributed by atoms with van der Waals surface area (Å²) in [5.41, 5.74) is 4.78. The summed E-state index contributed by atoms with van der Waals surface area (Å²) in [4.78, 5) is 12.5. The molecule has 1 heterocycles. The van der Waals surface area contributed by atoms with Gasteiger partial charge in [-0.15, -0.1) is 0 Å². The highest BCUT2D eigenvalue weighted by molar-refractivity contribution is 5.92. The van der Waals surface area contributed by atoms with Gasteiger partial charge in [-0.3, -0.25) is 9.89 Å². The number of methoxy groups -OCH3 is 1. The molecule has 1 aliphatic carbocycles. The summed E-state index contributed by atoms with van der Waals surface area (Å²) in [6, 6.07) is 16.4. The number of H-pyrrole nitrogens is 1. The number of ether oxygens (including phenoxy) is 1. The van der Waals surface area contributed by atoms with Gasteiger partial charge in [-0.25, -0.2) is 0 Å². The quantitative estimate of drug-likeness (QED) is 0.482. The van der Waals surface area contributed by atoms with Crippen LogP contribution in [0.15, 0.2) is 54.7 Å². The maximum Gasteiger partial charge on any atom is 0.229 e. The number of carbonyl (C=O) groups is 1. The summed E-state index contributed by atoms with van der Waals surface area (Å²) in [6.45, 7) is 4.01. The van der Waals surface area contributed by atoms with Crippen LogP contribution >= 0.6 is 0 Å². The zero-order valence-electron chi connectivity index (χ0n) is 18.2. The van der Waals surface area contributed by atoms with E-state index >= 15 is 0 Å². The topological polar surface area (TPSA) is 79.0 Å². The first kappa shape index (κ1) is 21.1. The molecule has 4 rings (SSSR count). The number of aromatic amines is 1. The third-order valence-electron chi connectivity index (χ3n) is 6.04. The minimum absolute atomic E-state index is 0.0531. The van der Waals surface area contributed by atoms with Crippen LogP contribution in [0, 0.1) is 0 Å². The molecule has 2 aromatic carbocycles. The first-order valence-electron chi connectivity index (χ1n) is 10.9. The van der Waals surface area contributed by atoms with Crippen LogP contribution in [-0.2, 0) is 17.8 Å². The Hall–Kier alpha value is -3.12. The molecule has 1 aromatic heterocycles. The van der Waals surface area contributed by atoms with Crippen LogP contribution in [0.5, 0.6) is 5.75 Å². The predicted octanol–water partition coefficient (Wildman–Crippen LogP) is 4.37. The average molecular weight is 419 g/mol. The van der Waals surface area contributed by atoms with E-state index in [9.17, 15) is 4.79 Å². The number of carbonyl (C=O) groups excluding carboxylic acids is 1. The summed E-state index contributed by atoms with van der Waals surface area (Å²) >= 11 is 0. The van der Waals surface area contributed by atoms with E-state index in [0.29, 0.717) is 18.3 Å². The Morgan fingerprint density at radius 3 is 2.68 bits per heavy atom. The molecule has 3 N–H and O–H groups in total. The van der Waals surface area contributed by atoms with Crippen molar-refractivity contribution in [2.45, 2.75) is 44.6 Å². The van der Waals surface area contributed by atoms with Gasteiger partial charge < -0.3 is 15.4 Å². The summed E-state index contributed by atoms with van der Waals surface area (Å²) in [5, 5.41) is 13.6. The Labute approximate surface area is 183 Å². The van der Waals surface area contributed by atoms with Crippen molar-refractivity contribution in [1.82, 2.24) is 15.5 Å². The largest absolute Gasteiger partial charge is 0.497 e. The second kappa shape index (κ2) is 9.79. The van der Waals surface area contributed by atoms with Crippen LogP contribution in [0.25, 0.3) is 0 Å². The molecule has 1 saturated carbocycles. The average Bonchev–Trinajstić information content (AvgIpc) is 3.19. The van der Waals surface area contributed by atoms with Gasteiger partial charge in [0.15, 0.2) is 0 Å². The lowest BCUT2D eigenvalue weighted by atomic mass is 9.69. The van der Waals surface area contributed by atoms with Crippen molar-refractivity contribution in [2.24, 2.45) is 0 Å². The fourth-order valence-corrected chi connectivity index (χ4v) is 4.19. The van der Waals surface area contributed by atoms with Crippen LogP contribution < -0.4 is 15.4 Å². The van der Waals surface area contributed by atoms with Crippen molar-refractivity contribution in [3.63, 3.8) is 0 Å². The van der Waals surface area contributed by atoms with Crippen molar-refractivity contribution in [1.29, 1.82) is 0 Å². The van der Waals surface area contributed by atoms with E-state index in [1.54, 1.807) is 7.11 Å². The van der Waals surface area contributed by atoms with E-state index < -0.39 is 0 Å². The number of benzene rings is 2. The molecule has 0 aliphatic heterocycles. The number of aromatic nitrogens is 2. The number of hydrogen-bond donors (Lipinski definition) is 3. The molecule has 0 bridgehead atoms. The Morgan fingerprint density at radius 1 is 1.13 bits per heavy atom. The summed E-state index contributed by atoms with van der Waals surface area (Å²) < 4.78 is 5.17. The predicted molar refractivity (Wildman–Crippen MR) is 122 cm³/mol. The molecule has 6 nitrogen and oxygen atoms in total. The molecule has 1 fully saturated rings. The van der Waals surface area contributed by atoms with E-state index in [0.717, 1.165) is 48.6 Å². The first-order valence-corrected chi connectivity index (χ1v) is 10.9. The van der Waals surface area contributed by atoms with Crippen molar-refractivity contribution < 1.29 is 9.53 Å². The molecule has 1 amide bonds. The monoisotopic (exact) mass is 418 g/mol. The van der Waals surface area contributed by atoms with Gasteiger partial charge in [-0.05, 0) is 60.0 Å². The smallest absolute Gasteiger partial charge is 0.229 e. The van der Waals surface area contributed by atoms with Gasteiger partial charge in [0.25, 0.3) is 0 Å². The Morgan fingerprint density at radius 2 is 1.94 bits per heavy atom. The number of hydrogen-bond acceptors (Lipinski definition) is 4. The molecule has 0 saturated heterocycles. The van der Waals surface area contributed by atoms with Gasteiger partial charge in [0, 0.05) is 12.1 Å². The molecule has 0 unspecified atom stereocenters. The second-order valence-electron chi connectivity index (χ2n) is 8.16. The standard InChI is InChI=1S/C25H30N4O2/c1-3-26-15-18-5-4-6-19(11-18)20-13-21(14-20)23-16-27-29-25(23)28-24(30)12-17-7-9-22(31-2)10-8-17/h4-11,16,20-21,26H,3,12-15H2,1-2H3,(H2,27,28,29,30). The minimum Gasteiger partial charge on any atom is -0.497 e. The summed E-state index contributed by atoms with van der Waals surface area (Å²) in [7, 11) is 1.63. The van der Waals surface area contributed by atoms with Crippen LogP contribution in [0.4, 0.5) is 5.82 Å². The molecule has 3 aromatic rings. The third-order valence-corrected chi connectivity index (χ3v) is 6.04. The normalized spacial score (nSPS) is 17.7. The number of amides is 1. The van der Waals surface area contributed by atoms with Gasteiger partial charge in [0.1, 0.15) is 11.6 Å². The van der Waals surface area contributed by atoms with Crippen molar-refractivity contribution in [3.05, 3.63) is 77.0 Å². The molecule has 0 spiro atoms. The highest BCUT2D eigenvalue weighted by Gasteiger charge is 2.34. The van der Waals surface area contributed by atoms with Crippen LogP contribution in [-0.4, -0.2) is 29.8 Å². The first-order chi connectivity index (χ1) is 15.2. The molecule has 0 radical (unpaired) electrons. The lowest BCUT2D eigenvalue weighted by Crippen LogP contribution is -2.22. The number of rotatable bonds is 9. The molecular weight excluding hydrogens is 388 g/mol. The molecule has 162 valence electrons. The Balaban J connectivity index is 1.33. The highest BCUT2D eigenvalue weighted by atomic mass is 16.5. The minimum atomic E-state index is -0.0531. The zero-order valence-corrected chi connectivity index (χ0v) is 18.2. The van der Waals surface area contributed by atoms with Crippen molar-refractivity contribution in [2.75, 3.05) is 19.0 Å². The fourth-order valence-electron chi connectivity index (χ4n) is 4.19. The Bertz CT molecular complexity index is 1010. The molecule has 1 aliphatic rings. The molecule has 6 heteroatoms. The highest BCUT2D eigenvalue weighted by Crippen LogP contribution is 2.49. The van der Waals surface area contributed by atoms with Gasteiger partial charge in [0.2, 0.25) is 5.91 Å². The second-order valence-corrected chi connectivity index (χ2v) is 8.16. The maximum atomic E-state index is 12.5. The van der Waals surface area contributed by atoms with Gasteiger partial charge >= 0.3 is 0 Å². The lowest BCUT2D eigenvalue weighted by Gasteiger charge is -2.36. The van der Waals surface area contributed by atoms with Crippen LogP contribution in [0.2, 0.25) is 0 Å². The van der Waals surface area contributed by atoms with E-state index in [2.05, 4.69) is 52.0 Å². The number of nitrogens with one attached hydrogen (secondary N) is 3. The van der Waals surface area contributed by atoms with E-state index in [1.807, 2.05) is 30.5 Å². The van der Waals surface area contributed by atoms with Gasteiger partial charge in [-0.1, -0.05) is 43.3 Å². The van der Waals surface area contributed by atoms with Gasteiger partial charge in [-0.2, -0.15) is 5.10 Å². The lowest BCUT2D eigenvalue weighted by molar-refractivity contribution is -0.115. The van der Waals surface area contributed by atoms with Crippen LogP contribution in [0.3, 0.4) is 0 Å². The van der Waals surface area contributed by atoms with Gasteiger partial charge in [0.05, 0.1) is 19.7 Å². The number of anilines is 1. The van der Waals surface area contributed by atoms with E-state index in [4.69, 9.17) is 4.74 Å². The third kappa shape index (κ3) is 5.14. The Kier molecular flexibility index (Phi) is 6.67. The fraction of sp³-hybridized carbons (Fsp3) is 0.360.